The van der Waals surface area contributed by atoms with Crippen LogP contribution in [-0.4, -0.2) is 0 Å². The van der Waals surface area contributed by atoms with Crippen molar-refractivity contribution >= 4 is 42.3 Å². The van der Waals surface area contributed by atoms with E-state index in [9.17, 15) is 0 Å². The number of hydrogen-bond acceptors (Lipinski definition) is 2. The van der Waals surface area contributed by atoms with Crippen LogP contribution in [0.25, 0.3) is 75.5 Å². The van der Waals surface area contributed by atoms with Crippen LogP contribution in [0, 0.1) is 0 Å². The molecule has 0 saturated heterocycles. The van der Waals surface area contributed by atoms with Gasteiger partial charge in [0.05, 0.1) is 5.41 Å². The summed E-state index contributed by atoms with van der Waals surface area (Å²) in [6.07, 6.45) is 0. The molecule has 0 N–H and O–H groups in total. The van der Waals surface area contributed by atoms with Crippen molar-refractivity contribution in [3.63, 3.8) is 0 Å². The third-order valence-corrected chi connectivity index (χ3v) is 13.1. The summed E-state index contributed by atoms with van der Waals surface area (Å²) in [5, 5.41) is 5.00. The van der Waals surface area contributed by atoms with Crippen molar-refractivity contribution < 1.29 is 4.74 Å². The molecule has 0 spiro atoms. The number of thiophene rings is 1. The summed E-state index contributed by atoms with van der Waals surface area (Å²) >= 11 is 1.86. The number of rotatable bonds is 4. The molecule has 2 aliphatic rings. The largest absolute Gasteiger partial charge is 0.456 e. The zero-order valence-electron chi connectivity index (χ0n) is 29.8. The van der Waals surface area contributed by atoms with Crippen LogP contribution < -0.4 is 4.74 Å². The van der Waals surface area contributed by atoms with Gasteiger partial charge in [-0.25, -0.2) is 0 Å². The first kappa shape index (κ1) is 30.7. The molecule has 55 heavy (non-hydrogen) atoms. The maximum Gasteiger partial charge on any atom is 0.135 e. The first-order valence-electron chi connectivity index (χ1n) is 18.9. The van der Waals surface area contributed by atoms with Crippen LogP contribution in [-0.2, 0) is 5.41 Å². The van der Waals surface area contributed by atoms with Gasteiger partial charge in [0, 0.05) is 31.1 Å². The SMILES string of the molecule is c1ccc(C2(c3ccccc3)c3ccccc3-c3ccc(-c4ccc5c(c4)-c4cccc6c(-c7ccc8sc9ccccc9c8c7)ccc(c46)O5)cc32)cc1. The Bertz CT molecular complexity index is 3130. The van der Waals surface area contributed by atoms with Gasteiger partial charge in [0.1, 0.15) is 11.5 Å². The fraction of sp³-hybridized carbons (Fsp3) is 0.0189. The van der Waals surface area contributed by atoms with Crippen LogP contribution in [0.15, 0.2) is 194 Å². The molecule has 9 aromatic carbocycles. The van der Waals surface area contributed by atoms with Gasteiger partial charge in [-0.05, 0) is 109 Å². The smallest absolute Gasteiger partial charge is 0.135 e. The minimum absolute atomic E-state index is 0.443. The monoisotopic (exact) mass is 716 g/mol. The lowest BCUT2D eigenvalue weighted by Gasteiger charge is -2.34. The third-order valence-electron chi connectivity index (χ3n) is 12.0. The molecular formula is C53H32OS. The van der Waals surface area contributed by atoms with Crippen LogP contribution in [0.4, 0.5) is 0 Å². The molecule has 10 aromatic rings. The molecule has 0 fully saturated rings. The van der Waals surface area contributed by atoms with E-state index in [2.05, 4.69) is 194 Å². The van der Waals surface area contributed by atoms with Gasteiger partial charge in [-0.3, -0.25) is 0 Å². The van der Waals surface area contributed by atoms with Crippen molar-refractivity contribution in [3.8, 4) is 56.0 Å². The molecule has 0 amide bonds. The molecule has 0 unspecified atom stereocenters. The van der Waals surface area contributed by atoms with Gasteiger partial charge in [-0.2, -0.15) is 0 Å². The van der Waals surface area contributed by atoms with E-state index in [4.69, 9.17) is 4.74 Å². The van der Waals surface area contributed by atoms with Crippen molar-refractivity contribution in [1.29, 1.82) is 0 Å². The summed E-state index contributed by atoms with van der Waals surface area (Å²) in [5.41, 5.74) is 14.4. The summed E-state index contributed by atoms with van der Waals surface area (Å²) in [5.74, 6) is 1.79. The van der Waals surface area contributed by atoms with E-state index in [1.165, 1.54) is 86.8 Å². The Labute approximate surface area is 323 Å². The lowest BCUT2D eigenvalue weighted by molar-refractivity contribution is 0.487. The molecule has 2 heterocycles. The molecule has 0 bridgehead atoms. The van der Waals surface area contributed by atoms with Gasteiger partial charge in [-0.15, -0.1) is 11.3 Å². The Balaban J connectivity index is 1.02. The molecule has 0 saturated carbocycles. The van der Waals surface area contributed by atoms with Crippen molar-refractivity contribution in [1.82, 2.24) is 0 Å². The predicted molar refractivity (Wildman–Crippen MR) is 231 cm³/mol. The summed E-state index contributed by atoms with van der Waals surface area (Å²) < 4.78 is 9.36. The second-order valence-electron chi connectivity index (χ2n) is 14.7. The maximum absolute atomic E-state index is 6.71. The van der Waals surface area contributed by atoms with E-state index >= 15 is 0 Å². The first-order chi connectivity index (χ1) is 27.3. The Morgan fingerprint density at radius 3 is 1.82 bits per heavy atom. The lowest BCUT2D eigenvalue weighted by atomic mass is 9.67. The van der Waals surface area contributed by atoms with Gasteiger partial charge >= 0.3 is 0 Å². The van der Waals surface area contributed by atoms with Crippen LogP contribution in [0.5, 0.6) is 11.5 Å². The Hall–Kier alpha value is -6.74. The molecule has 2 heteroatoms. The molecule has 256 valence electrons. The maximum atomic E-state index is 6.71. The van der Waals surface area contributed by atoms with Gasteiger partial charge in [0.25, 0.3) is 0 Å². The van der Waals surface area contributed by atoms with E-state index < -0.39 is 5.41 Å². The van der Waals surface area contributed by atoms with Gasteiger partial charge in [0.2, 0.25) is 0 Å². The topological polar surface area (TPSA) is 9.23 Å². The molecule has 1 aromatic heterocycles. The van der Waals surface area contributed by atoms with Crippen molar-refractivity contribution in [2.75, 3.05) is 0 Å². The van der Waals surface area contributed by atoms with Gasteiger partial charge in [-0.1, -0.05) is 152 Å². The molecule has 1 nitrogen and oxygen atoms in total. The van der Waals surface area contributed by atoms with Crippen LogP contribution in [0.2, 0.25) is 0 Å². The Morgan fingerprint density at radius 1 is 0.345 bits per heavy atom. The lowest BCUT2D eigenvalue weighted by Crippen LogP contribution is -2.28. The van der Waals surface area contributed by atoms with Crippen LogP contribution in [0.3, 0.4) is 0 Å². The van der Waals surface area contributed by atoms with Crippen molar-refractivity contribution in [2.24, 2.45) is 0 Å². The summed E-state index contributed by atoms with van der Waals surface area (Å²) in [6.45, 7) is 0. The van der Waals surface area contributed by atoms with Crippen molar-refractivity contribution in [2.45, 2.75) is 5.41 Å². The molecule has 0 atom stereocenters. The highest BCUT2D eigenvalue weighted by Gasteiger charge is 2.46. The third kappa shape index (κ3) is 4.35. The molecule has 1 aliphatic heterocycles. The molecule has 0 radical (unpaired) electrons. The number of ether oxygens (including phenoxy) is 1. The Kier molecular flexibility index (Phi) is 6.49. The zero-order chi connectivity index (χ0) is 36.1. The van der Waals surface area contributed by atoms with Crippen LogP contribution in [0.1, 0.15) is 22.3 Å². The second kappa shape index (κ2) is 11.6. The van der Waals surface area contributed by atoms with E-state index in [1.54, 1.807) is 0 Å². The standard InChI is InChI=1S/C53H32OS/c1-3-12-36(13-4-1)53(37-14-5-2-6-15-37)46-20-9-7-16-39(46)40-25-22-34(32-47(40)53)33-23-27-48-44(30-33)43-19-11-18-42-38(26-28-49(54-48)52(42)43)35-24-29-51-45(31-35)41-17-8-10-21-50(41)55-51/h1-32H. The highest BCUT2D eigenvalue weighted by molar-refractivity contribution is 7.25. The quantitative estimate of drug-likeness (QED) is 0.176. The number of benzene rings is 9. The van der Waals surface area contributed by atoms with E-state index in [-0.39, 0.29) is 0 Å². The normalized spacial score (nSPS) is 13.4. The predicted octanol–water partition coefficient (Wildman–Crippen LogP) is 14.7. The Morgan fingerprint density at radius 2 is 0.964 bits per heavy atom. The number of hydrogen-bond donors (Lipinski definition) is 0. The second-order valence-corrected chi connectivity index (χ2v) is 15.8. The molecular weight excluding hydrogens is 685 g/mol. The van der Waals surface area contributed by atoms with E-state index in [0.717, 1.165) is 22.4 Å². The first-order valence-corrected chi connectivity index (χ1v) is 19.7. The number of fused-ring (bicyclic) bond motifs is 8. The van der Waals surface area contributed by atoms with E-state index in [0.29, 0.717) is 0 Å². The van der Waals surface area contributed by atoms with Gasteiger partial charge < -0.3 is 4.74 Å². The van der Waals surface area contributed by atoms with E-state index in [1.807, 2.05) is 11.3 Å². The average Bonchev–Trinajstić information content (AvgIpc) is 3.77. The summed E-state index contributed by atoms with van der Waals surface area (Å²) in [6, 6.07) is 71.5. The molecule has 1 aliphatic carbocycles. The fourth-order valence-electron chi connectivity index (χ4n) is 9.58. The summed E-state index contributed by atoms with van der Waals surface area (Å²) in [4.78, 5) is 0. The van der Waals surface area contributed by atoms with Gasteiger partial charge in [0.15, 0.2) is 0 Å². The zero-order valence-corrected chi connectivity index (χ0v) is 30.6. The minimum Gasteiger partial charge on any atom is -0.456 e. The fourth-order valence-corrected chi connectivity index (χ4v) is 10.7. The van der Waals surface area contributed by atoms with Crippen molar-refractivity contribution in [3.05, 3.63) is 216 Å². The van der Waals surface area contributed by atoms with Crippen LogP contribution >= 0.6 is 11.3 Å². The average molecular weight is 717 g/mol. The minimum atomic E-state index is -0.443. The highest BCUT2D eigenvalue weighted by Crippen LogP contribution is 2.57. The molecule has 12 rings (SSSR count). The summed E-state index contributed by atoms with van der Waals surface area (Å²) in [7, 11) is 0. The highest BCUT2D eigenvalue weighted by atomic mass is 32.1.